The normalized spacial score (nSPS) is 12.6. The molecule has 0 fully saturated rings. The van der Waals surface area contributed by atoms with E-state index in [-0.39, 0.29) is 0 Å². The van der Waals surface area contributed by atoms with Crippen LogP contribution in [0.5, 0.6) is 0 Å². The molecule has 2 heteroatoms. The lowest BCUT2D eigenvalue weighted by Crippen LogP contribution is -2.21. The fraction of sp³-hybridized carbons (Fsp3) is 1.00. The van der Waals surface area contributed by atoms with Gasteiger partial charge in [-0.15, -0.1) is 0 Å². The van der Waals surface area contributed by atoms with Crippen LogP contribution in [-0.2, 0) is 0 Å². The molecule has 0 saturated carbocycles. The smallest absolute Gasteiger partial charge is 0.174 e. The van der Waals surface area contributed by atoms with Crippen LogP contribution >= 0.6 is 11.6 Å². The third-order valence-electron chi connectivity index (χ3n) is 1.92. The molecule has 0 radical (unpaired) electrons. The van der Waals surface area contributed by atoms with E-state index in [1.165, 1.54) is 0 Å². The van der Waals surface area contributed by atoms with Gasteiger partial charge in [0.05, 0.1) is 0 Å². The Morgan fingerprint density at radius 1 is 1.38 bits per heavy atom. The van der Waals surface area contributed by atoms with Gasteiger partial charge in [0, 0.05) is 4.75 Å². The second-order valence-corrected chi connectivity index (χ2v) is 4.42. The highest BCUT2D eigenvalue weighted by atomic mass is 32.2. The second kappa shape index (κ2) is 2.81. The van der Waals surface area contributed by atoms with E-state index in [1.807, 2.05) is 11.6 Å². The topological polar surface area (TPSA) is 0 Å². The third-order valence-corrected chi connectivity index (χ3v) is 3.44. The Morgan fingerprint density at radius 3 is 1.75 bits per heavy atom. The van der Waals surface area contributed by atoms with Gasteiger partial charge in [0.15, 0.2) is 7.12 Å². The highest BCUT2D eigenvalue weighted by Gasteiger charge is 2.18. The van der Waals surface area contributed by atoms with E-state index in [1.54, 1.807) is 0 Å². The van der Waals surface area contributed by atoms with E-state index in [0.717, 1.165) is 5.92 Å². The van der Waals surface area contributed by atoms with Crippen molar-refractivity contribution in [1.82, 2.24) is 0 Å². The van der Waals surface area contributed by atoms with Gasteiger partial charge in [-0.1, -0.05) is 27.7 Å². The lowest BCUT2D eigenvalue weighted by molar-refractivity contribution is 0.506. The molecule has 0 unspecified atom stereocenters. The highest BCUT2D eigenvalue weighted by Crippen LogP contribution is 2.28. The Kier molecular flexibility index (Phi) is 2.96. The van der Waals surface area contributed by atoms with Gasteiger partial charge in [-0.2, -0.15) is 0 Å². The van der Waals surface area contributed by atoms with E-state index >= 15 is 0 Å². The van der Waals surface area contributed by atoms with Crippen LogP contribution in [0.4, 0.5) is 0 Å². The zero-order valence-corrected chi connectivity index (χ0v) is 7.30. The van der Waals surface area contributed by atoms with Crippen LogP contribution in [0.25, 0.3) is 0 Å². The van der Waals surface area contributed by atoms with E-state index in [4.69, 9.17) is 0 Å². The van der Waals surface area contributed by atoms with Crippen LogP contribution in [0.3, 0.4) is 0 Å². The van der Waals surface area contributed by atoms with Crippen LogP contribution in [-0.4, -0.2) is 11.9 Å². The molecule has 0 aromatic heterocycles. The molecule has 0 aliphatic carbocycles. The minimum Gasteiger partial charge on any atom is -0.213 e. The summed E-state index contributed by atoms with van der Waals surface area (Å²) in [7, 11) is 2.17. The molecule has 0 aromatic rings. The van der Waals surface area contributed by atoms with Gasteiger partial charge in [-0.05, 0) is 5.92 Å². The maximum Gasteiger partial charge on any atom is 0.174 e. The zero-order valence-electron chi connectivity index (χ0n) is 6.49. The summed E-state index contributed by atoms with van der Waals surface area (Å²) < 4.78 is 0.458. The first kappa shape index (κ1) is 8.41. The minimum atomic E-state index is 0.458. The SMILES string of the molecule is BSC(C)(C)C(C)C. The van der Waals surface area contributed by atoms with Gasteiger partial charge < -0.3 is 0 Å². The molecule has 0 bridgehead atoms. The standard InChI is InChI=1S/C6H15BS/c1-5(2)6(3,4)8-7/h5H,7H2,1-4H3. The predicted octanol–water partition coefficient (Wildman–Crippen LogP) is 1.70. The first-order valence-electron chi connectivity index (χ1n) is 3.06. The minimum absolute atomic E-state index is 0.458. The van der Waals surface area contributed by atoms with Crippen molar-refractivity contribution in [1.29, 1.82) is 0 Å². The van der Waals surface area contributed by atoms with E-state index in [2.05, 4.69) is 34.8 Å². The molecule has 0 rings (SSSR count). The zero-order chi connectivity index (χ0) is 6.78. The van der Waals surface area contributed by atoms with Crippen molar-refractivity contribution in [2.24, 2.45) is 5.92 Å². The Balaban J connectivity index is 3.71. The largest absolute Gasteiger partial charge is 0.213 e. The van der Waals surface area contributed by atoms with Crippen molar-refractivity contribution in [3.05, 3.63) is 0 Å². The molecular weight excluding hydrogens is 115 g/mol. The average Bonchev–Trinajstić information content (AvgIpc) is 1.67. The monoisotopic (exact) mass is 130 g/mol. The fourth-order valence-electron chi connectivity index (χ4n) is 0.236. The van der Waals surface area contributed by atoms with E-state index < -0.39 is 0 Å². The molecule has 48 valence electrons. The van der Waals surface area contributed by atoms with Crippen molar-refractivity contribution in [3.63, 3.8) is 0 Å². The molecule has 0 aliphatic rings. The first-order valence-corrected chi connectivity index (χ1v) is 4.28. The Hall–Kier alpha value is 0.415. The first-order chi connectivity index (χ1) is 3.50. The van der Waals surface area contributed by atoms with Crippen molar-refractivity contribution >= 4 is 18.7 Å². The molecule has 8 heavy (non-hydrogen) atoms. The van der Waals surface area contributed by atoms with Crippen molar-refractivity contribution in [2.75, 3.05) is 0 Å². The summed E-state index contributed by atoms with van der Waals surface area (Å²) in [6.45, 7) is 9.08. The van der Waals surface area contributed by atoms with Gasteiger partial charge in [-0.25, -0.2) is 11.6 Å². The van der Waals surface area contributed by atoms with Crippen LogP contribution in [0.2, 0.25) is 0 Å². The summed E-state index contributed by atoms with van der Waals surface area (Å²) in [5.74, 6) is 0.775. The second-order valence-electron chi connectivity index (χ2n) is 2.96. The molecule has 0 aromatic carbocycles. The maximum absolute atomic E-state index is 2.28. The Morgan fingerprint density at radius 2 is 1.75 bits per heavy atom. The van der Waals surface area contributed by atoms with Crippen LogP contribution in [0, 0.1) is 5.92 Å². The van der Waals surface area contributed by atoms with Gasteiger partial charge in [-0.3, -0.25) is 0 Å². The van der Waals surface area contributed by atoms with Gasteiger partial charge >= 0.3 is 0 Å². The van der Waals surface area contributed by atoms with Crippen molar-refractivity contribution in [3.8, 4) is 0 Å². The lowest BCUT2D eigenvalue weighted by Gasteiger charge is -2.26. The molecule has 0 aliphatic heterocycles. The van der Waals surface area contributed by atoms with Crippen LogP contribution in [0.15, 0.2) is 0 Å². The average molecular weight is 130 g/mol. The molecule has 0 spiro atoms. The summed E-state index contributed by atoms with van der Waals surface area (Å²) in [5, 5.41) is 0. The highest BCUT2D eigenvalue weighted by molar-refractivity contribution is 8.20. The van der Waals surface area contributed by atoms with Gasteiger partial charge in [0.25, 0.3) is 0 Å². The summed E-state index contributed by atoms with van der Waals surface area (Å²) in [6.07, 6.45) is 0. The van der Waals surface area contributed by atoms with Crippen LogP contribution in [0.1, 0.15) is 27.7 Å². The van der Waals surface area contributed by atoms with E-state index in [9.17, 15) is 0 Å². The lowest BCUT2D eigenvalue weighted by atomic mass is 10.00. The van der Waals surface area contributed by atoms with Gasteiger partial charge in [0.1, 0.15) is 0 Å². The van der Waals surface area contributed by atoms with E-state index in [0.29, 0.717) is 4.75 Å². The van der Waals surface area contributed by atoms with Crippen molar-refractivity contribution in [2.45, 2.75) is 32.4 Å². The summed E-state index contributed by atoms with van der Waals surface area (Å²) in [5.41, 5.74) is 0. The molecule has 0 heterocycles. The third kappa shape index (κ3) is 2.12. The molecule has 0 nitrogen and oxygen atoms in total. The maximum atomic E-state index is 2.28. The predicted molar refractivity (Wildman–Crippen MR) is 45.1 cm³/mol. The molecule has 0 N–H and O–H groups in total. The van der Waals surface area contributed by atoms with Gasteiger partial charge in [0.2, 0.25) is 0 Å². The quantitative estimate of drug-likeness (QED) is 0.512. The Labute approximate surface area is 57.7 Å². The van der Waals surface area contributed by atoms with Crippen molar-refractivity contribution < 1.29 is 0 Å². The number of rotatable bonds is 2. The fourth-order valence-corrected chi connectivity index (χ4v) is 0.707. The molecule has 0 atom stereocenters. The molecule has 0 amide bonds. The summed E-state index contributed by atoms with van der Waals surface area (Å²) in [4.78, 5) is 0. The van der Waals surface area contributed by atoms with Crippen LogP contribution < -0.4 is 0 Å². The summed E-state index contributed by atoms with van der Waals surface area (Å²) >= 11 is 1.94. The molecular formula is C6H15BS. The number of hydrogen-bond donors (Lipinski definition) is 0. The summed E-state index contributed by atoms with van der Waals surface area (Å²) in [6, 6.07) is 0. The Bertz CT molecular complexity index is 68.9. The number of hydrogen-bond acceptors (Lipinski definition) is 1. The molecule has 0 saturated heterocycles.